The lowest BCUT2D eigenvalue weighted by molar-refractivity contribution is 0.0954. The molecule has 0 heterocycles. The highest BCUT2D eigenvalue weighted by atomic mass is 35.5. The predicted octanol–water partition coefficient (Wildman–Crippen LogP) is 2.94. The van der Waals surface area contributed by atoms with Crippen molar-refractivity contribution in [3.8, 4) is 0 Å². The maximum absolute atomic E-state index is 13.2. The summed E-state index contributed by atoms with van der Waals surface area (Å²) in [5.41, 5.74) is 0.722. The zero-order valence-corrected chi connectivity index (χ0v) is 12.6. The number of carbonyl (C=O) groups excluding carboxylic acids is 1. The summed E-state index contributed by atoms with van der Waals surface area (Å²) in [5.74, 6) is -0.678. The molecule has 0 radical (unpaired) electrons. The van der Waals surface area contributed by atoms with E-state index in [1.54, 1.807) is 6.92 Å². The number of benzene rings is 1. The number of hydrogen-bond acceptors (Lipinski definition) is 2. The number of rotatable bonds is 6. The maximum Gasteiger partial charge on any atom is 0.252 e. The van der Waals surface area contributed by atoms with E-state index in [-0.39, 0.29) is 23.3 Å². The molecule has 1 aromatic carbocycles. The van der Waals surface area contributed by atoms with E-state index in [0.717, 1.165) is 13.0 Å². The average Bonchev–Trinajstić information content (AvgIpc) is 2.33. The summed E-state index contributed by atoms with van der Waals surface area (Å²) in [4.78, 5) is 11.8. The van der Waals surface area contributed by atoms with E-state index in [1.165, 1.54) is 12.1 Å². The number of carbonyl (C=O) groups is 1. The van der Waals surface area contributed by atoms with E-state index in [9.17, 15) is 9.18 Å². The highest BCUT2D eigenvalue weighted by molar-refractivity contribution is 6.33. The largest absolute Gasteiger partial charge is 0.351 e. The van der Waals surface area contributed by atoms with Gasteiger partial charge in [0.1, 0.15) is 5.82 Å². The molecule has 0 unspecified atom stereocenters. The monoisotopic (exact) mass is 308 g/mol. The fourth-order valence-electron chi connectivity index (χ4n) is 1.49. The molecule has 1 amide bonds. The Balaban J connectivity index is 0.00000324. The number of amides is 1. The van der Waals surface area contributed by atoms with Crippen LogP contribution in [-0.4, -0.2) is 25.5 Å². The lowest BCUT2D eigenvalue weighted by atomic mass is 10.1. The van der Waals surface area contributed by atoms with Gasteiger partial charge in [-0.25, -0.2) is 4.39 Å². The zero-order chi connectivity index (χ0) is 13.5. The maximum atomic E-state index is 13.2. The van der Waals surface area contributed by atoms with Crippen LogP contribution in [0.2, 0.25) is 5.02 Å². The number of nitrogens with one attached hydrogen (secondary N) is 2. The Bertz CT molecular complexity index is 427. The standard InChI is InChI=1S/C13H18ClFN2O.ClH/c1-3-4-16-5-6-17-13(18)10-7-9(2)12(15)8-11(10)14;/h7-8,16H,3-6H2,1-2H3,(H,17,18);1H. The Morgan fingerprint density at radius 2 is 2.00 bits per heavy atom. The van der Waals surface area contributed by atoms with E-state index < -0.39 is 5.82 Å². The third-order valence-corrected chi connectivity index (χ3v) is 2.82. The molecule has 0 saturated carbocycles. The van der Waals surface area contributed by atoms with Crippen LogP contribution in [0.4, 0.5) is 4.39 Å². The predicted molar refractivity (Wildman–Crippen MR) is 78.9 cm³/mol. The minimum absolute atomic E-state index is 0. The highest BCUT2D eigenvalue weighted by Gasteiger charge is 2.12. The smallest absolute Gasteiger partial charge is 0.252 e. The van der Waals surface area contributed by atoms with Gasteiger partial charge < -0.3 is 10.6 Å². The molecule has 1 aromatic rings. The van der Waals surface area contributed by atoms with Crippen molar-refractivity contribution in [3.05, 3.63) is 34.1 Å². The van der Waals surface area contributed by atoms with Crippen molar-refractivity contribution >= 4 is 29.9 Å². The molecule has 0 aliphatic carbocycles. The Morgan fingerprint density at radius 3 is 2.63 bits per heavy atom. The second kappa shape index (κ2) is 9.13. The summed E-state index contributed by atoms with van der Waals surface area (Å²) in [5, 5.41) is 6.04. The first-order valence-corrected chi connectivity index (χ1v) is 6.38. The molecule has 1 rings (SSSR count). The Labute approximate surface area is 124 Å². The molecule has 0 aromatic heterocycles. The molecule has 3 nitrogen and oxygen atoms in total. The first-order valence-electron chi connectivity index (χ1n) is 6.00. The van der Waals surface area contributed by atoms with Gasteiger partial charge in [-0.1, -0.05) is 18.5 Å². The van der Waals surface area contributed by atoms with Crippen LogP contribution in [0.3, 0.4) is 0 Å². The molecule has 6 heteroatoms. The lowest BCUT2D eigenvalue weighted by Crippen LogP contribution is -2.32. The summed E-state index contributed by atoms with van der Waals surface area (Å²) in [6, 6.07) is 2.63. The van der Waals surface area contributed by atoms with Gasteiger partial charge in [0.05, 0.1) is 10.6 Å². The van der Waals surface area contributed by atoms with Crippen molar-refractivity contribution in [2.24, 2.45) is 0 Å². The van der Waals surface area contributed by atoms with E-state index in [4.69, 9.17) is 11.6 Å². The summed E-state index contributed by atoms with van der Waals surface area (Å²) >= 11 is 5.84. The lowest BCUT2D eigenvalue weighted by Gasteiger charge is -2.08. The van der Waals surface area contributed by atoms with Gasteiger partial charge in [-0.2, -0.15) is 0 Å². The Hall–Kier alpha value is -0.840. The van der Waals surface area contributed by atoms with Crippen LogP contribution in [0.25, 0.3) is 0 Å². The van der Waals surface area contributed by atoms with Gasteiger partial charge in [0.25, 0.3) is 5.91 Å². The number of halogens is 3. The summed E-state index contributed by atoms with van der Waals surface area (Å²) < 4.78 is 13.2. The molecule has 108 valence electrons. The van der Waals surface area contributed by atoms with Crippen LogP contribution in [-0.2, 0) is 0 Å². The van der Waals surface area contributed by atoms with Crippen LogP contribution in [0.5, 0.6) is 0 Å². The average molecular weight is 309 g/mol. The third-order valence-electron chi connectivity index (χ3n) is 2.51. The quantitative estimate of drug-likeness (QED) is 0.793. The van der Waals surface area contributed by atoms with E-state index in [0.29, 0.717) is 24.2 Å². The molecule has 0 atom stereocenters. The van der Waals surface area contributed by atoms with Crippen molar-refractivity contribution in [3.63, 3.8) is 0 Å². The zero-order valence-electron chi connectivity index (χ0n) is 11.1. The van der Waals surface area contributed by atoms with Crippen LogP contribution >= 0.6 is 24.0 Å². The first kappa shape index (κ1) is 18.2. The molecule has 0 fully saturated rings. The molecule has 0 aliphatic rings. The van der Waals surface area contributed by atoms with Crippen molar-refractivity contribution in [1.29, 1.82) is 0 Å². The molecule has 0 aliphatic heterocycles. The highest BCUT2D eigenvalue weighted by Crippen LogP contribution is 2.20. The van der Waals surface area contributed by atoms with Crippen molar-refractivity contribution in [2.45, 2.75) is 20.3 Å². The van der Waals surface area contributed by atoms with E-state index in [1.807, 2.05) is 0 Å². The minimum Gasteiger partial charge on any atom is -0.351 e. The Morgan fingerprint density at radius 1 is 1.32 bits per heavy atom. The van der Waals surface area contributed by atoms with E-state index >= 15 is 0 Å². The van der Waals surface area contributed by atoms with Gasteiger partial charge in [0.15, 0.2) is 0 Å². The van der Waals surface area contributed by atoms with Gasteiger partial charge in [0.2, 0.25) is 0 Å². The fraction of sp³-hybridized carbons (Fsp3) is 0.462. The molecule has 19 heavy (non-hydrogen) atoms. The van der Waals surface area contributed by atoms with Crippen LogP contribution in [0.15, 0.2) is 12.1 Å². The fourth-order valence-corrected chi connectivity index (χ4v) is 1.73. The SMILES string of the molecule is CCCNCCNC(=O)c1cc(C)c(F)cc1Cl.Cl. The molecule has 0 spiro atoms. The van der Waals surface area contributed by atoms with Gasteiger partial charge in [-0.05, 0) is 37.6 Å². The van der Waals surface area contributed by atoms with Crippen LogP contribution < -0.4 is 10.6 Å². The van der Waals surface area contributed by atoms with Crippen molar-refractivity contribution < 1.29 is 9.18 Å². The van der Waals surface area contributed by atoms with Crippen LogP contribution in [0, 0.1) is 12.7 Å². The molecular formula is C13H19Cl2FN2O. The number of hydrogen-bond donors (Lipinski definition) is 2. The topological polar surface area (TPSA) is 41.1 Å². The van der Waals surface area contributed by atoms with Gasteiger partial charge >= 0.3 is 0 Å². The van der Waals surface area contributed by atoms with Gasteiger partial charge in [-0.15, -0.1) is 12.4 Å². The van der Waals surface area contributed by atoms with Gasteiger partial charge in [-0.3, -0.25) is 4.79 Å². The van der Waals surface area contributed by atoms with Gasteiger partial charge in [0, 0.05) is 13.1 Å². The van der Waals surface area contributed by atoms with Crippen LogP contribution in [0.1, 0.15) is 29.3 Å². The Kier molecular flexibility index (Phi) is 8.72. The van der Waals surface area contributed by atoms with Crippen molar-refractivity contribution in [1.82, 2.24) is 10.6 Å². The molecule has 0 bridgehead atoms. The minimum atomic E-state index is -0.402. The molecule has 2 N–H and O–H groups in total. The summed E-state index contributed by atoms with van der Waals surface area (Å²) in [6.07, 6.45) is 1.05. The second-order valence-corrected chi connectivity index (χ2v) is 4.49. The number of aryl methyl sites for hydroxylation is 1. The summed E-state index contributed by atoms with van der Waals surface area (Å²) in [7, 11) is 0. The molecular weight excluding hydrogens is 290 g/mol. The third kappa shape index (κ3) is 5.76. The van der Waals surface area contributed by atoms with E-state index in [2.05, 4.69) is 17.6 Å². The van der Waals surface area contributed by atoms with Crippen molar-refractivity contribution in [2.75, 3.05) is 19.6 Å². The normalized spacial score (nSPS) is 9.89. The molecule has 0 saturated heterocycles. The first-order chi connectivity index (χ1) is 8.56. The summed E-state index contributed by atoms with van der Waals surface area (Å²) in [6.45, 7) is 5.83. The second-order valence-electron chi connectivity index (χ2n) is 4.09.